The predicted molar refractivity (Wildman–Crippen MR) is 135 cm³/mol. The number of carbonyl (C=O) groups is 1. The number of rotatable bonds is 5. The molecule has 0 saturated heterocycles. The maximum Gasteiger partial charge on any atom is 0.412 e. The molecule has 1 amide bonds. The molecule has 1 aromatic carbocycles. The Bertz CT molecular complexity index is 1320. The average molecular weight is 477 g/mol. The summed E-state index contributed by atoms with van der Waals surface area (Å²) in [6.45, 7) is 5.44. The third kappa shape index (κ3) is 5.56. The summed E-state index contributed by atoms with van der Waals surface area (Å²) in [5.74, 6) is 0. The van der Waals surface area contributed by atoms with E-state index in [0.29, 0.717) is 34.9 Å². The van der Waals surface area contributed by atoms with Crippen LogP contribution in [-0.2, 0) is 11.2 Å². The van der Waals surface area contributed by atoms with E-state index >= 15 is 0 Å². The van der Waals surface area contributed by atoms with Gasteiger partial charge >= 0.3 is 6.09 Å². The van der Waals surface area contributed by atoms with E-state index in [1.54, 1.807) is 10.8 Å². The average Bonchev–Trinajstić information content (AvgIpc) is 2.79. The molecule has 0 fully saturated rings. The lowest BCUT2D eigenvalue weighted by Gasteiger charge is -2.23. The molecule has 34 heavy (non-hydrogen) atoms. The lowest BCUT2D eigenvalue weighted by Crippen LogP contribution is -2.33. The number of carbonyl (C=O) groups excluding carboxylic acids is 1. The molecule has 3 aromatic rings. The molecule has 2 heterocycles. The van der Waals surface area contributed by atoms with Gasteiger partial charge in [0.15, 0.2) is 5.16 Å². The van der Waals surface area contributed by atoms with Gasteiger partial charge in [0, 0.05) is 29.3 Å². The van der Waals surface area contributed by atoms with E-state index in [4.69, 9.17) is 4.74 Å². The van der Waals surface area contributed by atoms with Crippen molar-refractivity contribution in [3.8, 4) is 0 Å². The van der Waals surface area contributed by atoms with Crippen LogP contribution >= 0.6 is 11.8 Å². The second-order valence-corrected chi connectivity index (χ2v) is 9.87. The molecular weight excluding hydrogens is 448 g/mol. The van der Waals surface area contributed by atoms with Gasteiger partial charge in [-0.05, 0) is 57.2 Å². The van der Waals surface area contributed by atoms with Crippen molar-refractivity contribution in [1.29, 1.82) is 0 Å². The summed E-state index contributed by atoms with van der Waals surface area (Å²) in [6, 6.07) is 11.5. The molecule has 4 rings (SSSR count). The SMILES string of the molecule is CSc1ncc2cc(Cc3ccccc3)c(=O)n(C3C=C(NC(=O)OC(C)(C)C)C=CC3)c2n1. The van der Waals surface area contributed by atoms with E-state index < -0.39 is 11.7 Å². The molecule has 0 spiro atoms. The Morgan fingerprint density at radius 3 is 2.74 bits per heavy atom. The molecule has 176 valence electrons. The number of pyridine rings is 1. The first-order valence-electron chi connectivity index (χ1n) is 11.1. The number of aromatic nitrogens is 3. The molecule has 1 aliphatic carbocycles. The third-order valence-corrected chi connectivity index (χ3v) is 5.83. The standard InChI is InChI=1S/C26H28N4O3S/c1-26(2,3)33-25(32)28-20-11-8-12-21(15-20)30-22-19(16-27-24(29-22)34-4)14-18(23(30)31)13-17-9-6-5-7-10-17/h5-11,14-16,21H,12-13H2,1-4H3,(H,28,32). The van der Waals surface area contributed by atoms with Crippen molar-refractivity contribution >= 4 is 28.9 Å². The molecule has 0 bridgehead atoms. The van der Waals surface area contributed by atoms with E-state index in [-0.39, 0.29) is 11.6 Å². The van der Waals surface area contributed by atoms with Crippen molar-refractivity contribution in [2.24, 2.45) is 0 Å². The van der Waals surface area contributed by atoms with Crippen molar-refractivity contribution in [2.75, 3.05) is 6.26 Å². The molecular formula is C26H28N4O3S. The molecule has 1 atom stereocenters. The minimum atomic E-state index is -0.605. The van der Waals surface area contributed by atoms with Gasteiger partial charge in [0.05, 0.1) is 6.04 Å². The van der Waals surface area contributed by atoms with Crippen LogP contribution in [0.2, 0.25) is 0 Å². The molecule has 1 aliphatic rings. The molecule has 7 nitrogen and oxygen atoms in total. The van der Waals surface area contributed by atoms with Gasteiger partial charge in [0.1, 0.15) is 11.2 Å². The highest BCUT2D eigenvalue weighted by Crippen LogP contribution is 2.25. The summed E-state index contributed by atoms with van der Waals surface area (Å²) < 4.78 is 7.09. The Hall–Kier alpha value is -3.39. The minimum Gasteiger partial charge on any atom is -0.444 e. The fourth-order valence-corrected chi connectivity index (χ4v) is 4.20. The van der Waals surface area contributed by atoms with Crippen LogP contribution in [-0.4, -0.2) is 32.5 Å². The Labute approximate surface area is 203 Å². The van der Waals surface area contributed by atoms with E-state index in [1.165, 1.54) is 11.8 Å². The number of amides is 1. The molecule has 1 unspecified atom stereocenters. The highest BCUT2D eigenvalue weighted by molar-refractivity contribution is 7.98. The van der Waals surface area contributed by atoms with Crippen LogP contribution < -0.4 is 10.9 Å². The first-order valence-corrected chi connectivity index (χ1v) is 12.3. The summed E-state index contributed by atoms with van der Waals surface area (Å²) >= 11 is 1.43. The van der Waals surface area contributed by atoms with Gasteiger partial charge in [-0.15, -0.1) is 0 Å². The number of thioether (sulfide) groups is 1. The van der Waals surface area contributed by atoms with Crippen molar-refractivity contribution in [3.63, 3.8) is 0 Å². The third-order valence-electron chi connectivity index (χ3n) is 5.27. The van der Waals surface area contributed by atoms with Gasteiger partial charge < -0.3 is 4.74 Å². The van der Waals surface area contributed by atoms with Crippen LogP contribution in [0.1, 0.15) is 44.4 Å². The maximum absolute atomic E-state index is 13.7. The lowest BCUT2D eigenvalue weighted by molar-refractivity contribution is 0.0547. The number of allylic oxidation sites excluding steroid dienone is 3. The number of ether oxygens (including phenoxy) is 1. The van der Waals surface area contributed by atoms with Crippen LogP contribution in [0.5, 0.6) is 0 Å². The minimum absolute atomic E-state index is 0.102. The predicted octanol–water partition coefficient (Wildman–Crippen LogP) is 5.01. The van der Waals surface area contributed by atoms with E-state index in [9.17, 15) is 9.59 Å². The second kappa shape index (κ2) is 9.85. The van der Waals surface area contributed by atoms with Gasteiger partial charge in [0.2, 0.25) is 0 Å². The fraction of sp³-hybridized carbons (Fsp3) is 0.308. The van der Waals surface area contributed by atoms with Crippen molar-refractivity contribution in [3.05, 3.63) is 88.0 Å². The van der Waals surface area contributed by atoms with Crippen LogP contribution in [0.3, 0.4) is 0 Å². The zero-order valence-electron chi connectivity index (χ0n) is 19.7. The van der Waals surface area contributed by atoms with Gasteiger partial charge in [-0.2, -0.15) is 0 Å². The van der Waals surface area contributed by atoms with Crippen LogP contribution in [0.25, 0.3) is 11.0 Å². The van der Waals surface area contributed by atoms with Gasteiger partial charge in [-0.25, -0.2) is 14.8 Å². The van der Waals surface area contributed by atoms with Crippen LogP contribution in [0.4, 0.5) is 4.79 Å². The summed E-state index contributed by atoms with van der Waals surface area (Å²) in [5.41, 5.74) is 2.18. The maximum atomic E-state index is 13.7. The fourth-order valence-electron chi connectivity index (χ4n) is 3.86. The number of fused-ring (bicyclic) bond motifs is 1. The molecule has 0 aliphatic heterocycles. The zero-order chi connectivity index (χ0) is 24.3. The number of hydrogen-bond donors (Lipinski definition) is 1. The van der Waals surface area contributed by atoms with Crippen molar-refractivity contribution in [1.82, 2.24) is 19.9 Å². The van der Waals surface area contributed by atoms with E-state index in [0.717, 1.165) is 10.9 Å². The quantitative estimate of drug-likeness (QED) is 0.411. The first kappa shape index (κ1) is 23.8. The molecule has 2 aromatic heterocycles. The number of nitrogens with zero attached hydrogens (tertiary/aromatic N) is 3. The largest absolute Gasteiger partial charge is 0.444 e. The second-order valence-electron chi connectivity index (χ2n) is 9.10. The topological polar surface area (TPSA) is 86.1 Å². The number of hydrogen-bond acceptors (Lipinski definition) is 6. The Morgan fingerprint density at radius 1 is 1.26 bits per heavy atom. The van der Waals surface area contributed by atoms with Gasteiger partial charge in [-0.1, -0.05) is 48.2 Å². The van der Waals surface area contributed by atoms with E-state index in [1.807, 2.05) is 81.7 Å². The molecule has 1 N–H and O–H groups in total. The van der Waals surface area contributed by atoms with Crippen LogP contribution in [0.15, 0.2) is 76.5 Å². The smallest absolute Gasteiger partial charge is 0.412 e. The molecule has 0 radical (unpaired) electrons. The molecule has 0 saturated carbocycles. The zero-order valence-corrected chi connectivity index (χ0v) is 20.6. The van der Waals surface area contributed by atoms with Crippen molar-refractivity contribution < 1.29 is 9.53 Å². The van der Waals surface area contributed by atoms with Gasteiger partial charge in [0.25, 0.3) is 5.56 Å². The van der Waals surface area contributed by atoms with Gasteiger partial charge in [-0.3, -0.25) is 14.7 Å². The Kier molecular flexibility index (Phi) is 6.88. The summed E-state index contributed by atoms with van der Waals surface area (Å²) in [7, 11) is 0. The lowest BCUT2D eigenvalue weighted by atomic mass is 10.0. The Morgan fingerprint density at radius 2 is 2.03 bits per heavy atom. The first-order chi connectivity index (χ1) is 16.2. The Balaban J connectivity index is 1.77. The highest BCUT2D eigenvalue weighted by atomic mass is 32.2. The summed E-state index contributed by atoms with van der Waals surface area (Å²) in [4.78, 5) is 35.1. The number of nitrogens with one attached hydrogen (secondary N) is 1. The number of alkyl carbamates (subject to hydrolysis) is 1. The van der Waals surface area contributed by atoms with E-state index in [2.05, 4.69) is 15.3 Å². The van der Waals surface area contributed by atoms with Crippen molar-refractivity contribution in [2.45, 2.75) is 50.4 Å². The summed E-state index contributed by atoms with van der Waals surface area (Å²) in [5, 5.41) is 4.18. The molecule has 8 heteroatoms. The number of benzene rings is 1. The summed E-state index contributed by atoms with van der Waals surface area (Å²) in [6.07, 6.45) is 9.88. The normalized spacial score (nSPS) is 15.8. The van der Waals surface area contributed by atoms with Crippen LogP contribution in [0, 0.1) is 0 Å². The highest BCUT2D eigenvalue weighted by Gasteiger charge is 2.22. The monoisotopic (exact) mass is 476 g/mol.